The van der Waals surface area contributed by atoms with Crippen LogP contribution in [0.1, 0.15) is 56.2 Å². The molecule has 0 radical (unpaired) electrons. The van der Waals surface area contributed by atoms with Crippen LogP contribution in [0.2, 0.25) is 0 Å². The predicted molar refractivity (Wildman–Crippen MR) is 102 cm³/mol. The summed E-state index contributed by atoms with van der Waals surface area (Å²) in [6.07, 6.45) is 5.84. The number of piperidine rings is 1. The monoisotopic (exact) mass is 322 g/mol. The van der Waals surface area contributed by atoms with E-state index in [2.05, 4.69) is 72.5 Å². The second kappa shape index (κ2) is 7.96. The molecule has 2 N–H and O–H groups in total. The van der Waals surface area contributed by atoms with Gasteiger partial charge in [-0.25, -0.2) is 0 Å². The minimum atomic E-state index is -0.163. The van der Waals surface area contributed by atoms with Crippen LogP contribution in [0, 0.1) is 0 Å². The Kier molecular flexibility index (Phi) is 5.70. The molecule has 0 aliphatic carbocycles. The molecule has 3 rings (SSSR count). The molecule has 1 heterocycles. The van der Waals surface area contributed by atoms with Crippen molar-refractivity contribution in [3.8, 4) is 0 Å². The van der Waals surface area contributed by atoms with Crippen LogP contribution >= 0.6 is 0 Å². The second-order valence-corrected chi connectivity index (χ2v) is 7.13. The van der Waals surface area contributed by atoms with Gasteiger partial charge in [0.2, 0.25) is 0 Å². The molecule has 24 heavy (non-hydrogen) atoms. The van der Waals surface area contributed by atoms with Crippen molar-refractivity contribution in [2.24, 2.45) is 5.73 Å². The van der Waals surface area contributed by atoms with Crippen molar-refractivity contribution in [2.45, 2.75) is 50.6 Å². The van der Waals surface area contributed by atoms with Crippen LogP contribution in [0.3, 0.4) is 0 Å². The van der Waals surface area contributed by atoms with E-state index in [-0.39, 0.29) is 5.54 Å². The van der Waals surface area contributed by atoms with Crippen molar-refractivity contribution in [1.29, 1.82) is 0 Å². The molecule has 0 bridgehead atoms. The Morgan fingerprint density at radius 3 is 2.12 bits per heavy atom. The summed E-state index contributed by atoms with van der Waals surface area (Å²) in [5, 5.41) is 0. The highest BCUT2D eigenvalue weighted by Crippen LogP contribution is 2.35. The Morgan fingerprint density at radius 2 is 1.54 bits per heavy atom. The quantitative estimate of drug-likeness (QED) is 0.822. The Labute approximate surface area is 146 Å². The van der Waals surface area contributed by atoms with E-state index >= 15 is 0 Å². The maximum absolute atomic E-state index is 6.75. The number of hydrogen-bond acceptors (Lipinski definition) is 2. The standard InChI is InChI=1S/C22H30N2/c1-2-3-14-21(19-10-6-4-7-11-19)24-17-15-22(23,16-18-24)20-12-8-5-9-13-20/h4-13,21H,2-3,14-18,23H2,1H3. The Bertz CT molecular complexity index is 600. The fourth-order valence-electron chi connectivity index (χ4n) is 3.93. The zero-order valence-electron chi connectivity index (χ0n) is 14.8. The third-order valence-corrected chi connectivity index (χ3v) is 5.50. The fourth-order valence-corrected chi connectivity index (χ4v) is 3.93. The van der Waals surface area contributed by atoms with Gasteiger partial charge in [0, 0.05) is 24.7 Å². The van der Waals surface area contributed by atoms with E-state index in [1.807, 2.05) is 0 Å². The van der Waals surface area contributed by atoms with Crippen LogP contribution in [-0.2, 0) is 5.54 Å². The molecule has 1 aliphatic rings. The molecule has 2 heteroatoms. The molecule has 0 spiro atoms. The predicted octanol–water partition coefficient (Wildman–Crippen LogP) is 4.87. The molecule has 1 fully saturated rings. The highest BCUT2D eigenvalue weighted by molar-refractivity contribution is 5.25. The first-order chi connectivity index (χ1) is 11.7. The molecular formula is C22H30N2. The smallest absolute Gasteiger partial charge is 0.0434 e. The molecule has 1 aliphatic heterocycles. The van der Waals surface area contributed by atoms with Gasteiger partial charge in [0.15, 0.2) is 0 Å². The summed E-state index contributed by atoms with van der Waals surface area (Å²) in [6.45, 7) is 4.43. The van der Waals surface area contributed by atoms with Crippen molar-refractivity contribution in [1.82, 2.24) is 4.90 Å². The molecule has 1 atom stereocenters. The largest absolute Gasteiger partial charge is 0.321 e. The van der Waals surface area contributed by atoms with Gasteiger partial charge in [0.1, 0.15) is 0 Å². The van der Waals surface area contributed by atoms with Gasteiger partial charge in [-0.3, -0.25) is 4.90 Å². The van der Waals surface area contributed by atoms with E-state index in [0.717, 1.165) is 25.9 Å². The fraction of sp³-hybridized carbons (Fsp3) is 0.455. The molecule has 0 saturated carbocycles. The normalized spacial score (nSPS) is 19.1. The van der Waals surface area contributed by atoms with Crippen molar-refractivity contribution >= 4 is 0 Å². The third kappa shape index (κ3) is 3.88. The van der Waals surface area contributed by atoms with Crippen LogP contribution in [0.4, 0.5) is 0 Å². The zero-order chi connectivity index (χ0) is 16.8. The van der Waals surface area contributed by atoms with E-state index in [9.17, 15) is 0 Å². The average molecular weight is 322 g/mol. The number of nitrogens with zero attached hydrogens (tertiary/aromatic N) is 1. The first kappa shape index (κ1) is 17.2. The number of rotatable bonds is 6. The minimum absolute atomic E-state index is 0.163. The number of hydrogen-bond donors (Lipinski definition) is 1. The van der Waals surface area contributed by atoms with Gasteiger partial charge in [-0.2, -0.15) is 0 Å². The maximum Gasteiger partial charge on any atom is 0.0434 e. The molecule has 2 nitrogen and oxygen atoms in total. The number of benzene rings is 2. The van der Waals surface area contributed by atoms with Gasteiger partial charge in [-0.15, -0.1) is 0 Å². The van der Waals surface area contributed by atoms with E-state index in [4.69, 9.17) is 5.73 Å². The maximum atomic E-state index is 6.75. The highest BCUT2D eigenvalue weighted by Gasteiger charge is 2.34. The van der Waals surface area contributed by atoms with E-state index < -0.39 is 0 Å². The van der Waals surface area contributed by atoms with Gasteiger partial charge in [0.25, 0.3) is 0 Å². The van der Waals surface area contributed by atoms with Crippen molar-refractivity contribution in [3.63, 3.8) is 0 Å². The van der Waals surface area contributed by atoms with Gasteiger partial charge >= 0.3 is 0 Å². The summed E-state index contributed by atoms with van der Waals surface area (Å²) >= 11 is 0. The summed E-state index contributed by atoms with van der Waals surface area (Å²) in [5.41, 5.74) is 9.33. The summed E-state index contributed by atoms with van der Waals surface area (Å²) < 4.78 is 0. The summed E-state index contributed by atoms with van der Waals surface area (Å²) in [7, 11) is 0. The van der Waals surface area contributed by atoms with Gasteiger partial charge in [0.05, 0.1) is 0 Å². The van der Waals surface area contributed by atoms with E-state index in [1.54, 1.807) is 0 Å². The lowest BCUT2D eigenvalue weighted by atomic mass is 9.81. The molecule has 2 aromatic carbocycles. The zero-order valence-corrected chi connectivity index (χ0v) is 14.8. The molecule has 2 aromatic rings. The number of unbranched alkanes of at least 4 members (excludes halogenated alkanes) is 1. The summed E-state index contributed by atoms with van der Waals surface area (Å²) in [6, 6.07) is 22.2. The Hall–Kier alpha value is -1.64. The molecule has 0 amide bonds. The lowest BCUT2D eigenvalue weighted by Gasteiger charge is -2.43. The van der Waals surface area contributed by atoms with Gasteiger partial charge in [-0.05, 0) is 30.4 Å². The topological polar surface area (TPSA) is 29.3 Å². The van der Waals surface area contributed by atoms with Crippen LogP contribution < -0.4 is 5.73 Å². The lowest BCUT2D eigenvalue weighted by Crippen LogP contribution is -2.49. The minimum Gasteiger partial charge on any atom is -0.321 e. The van der Waals surface area contributed by atoms with Gasteiger partial charge < -0.3 is 5.73 Å². The average Bonchev–Trinajstić information content (AvgIpc) is 2.65. The van der Waals surface area contributed by atoms with E-state index in [1.165, 1.54) is 30.4 Å². The second-order valence-electron chi connectivity index (χ2n) is 7.13. The van der Waals surface area contributed by atoms with Crippen LogP contribution in [0.25, 0.3) is 0 Å². The van der Waals surface area contributed by atoms with Crippen molar-refractivity contribution in [3.05, 3.63) is 71.8 Å². The first-order valence-corrected chi connectivity index (χ1v) is 9.36. The van der Waals surface area contributed by atoms with Gasteiger partial charge in [-0.1, -0.05) is 80.4 Å². The SMILES string of the molecule is CCCCC(c1ccccc1)N1CCC(N)(c2ccccc2)CC1. The lowest BCUT2D eigenvalue weighted by molar-refractivity contribution is 0.109. The Morgan fingerprint density at radius 1 is 0.958 bits per heavy atom. The van der Waals surface area contributed by atoms with E-state index in [0.29, 0.717) is 6.04 Å². The summed E-state index contributed by atoms with van der Waals surface area (Å²) in [5.74, 6) is 0. The molecule has 1 unspecified atom stereocenters. The summed E-state index contributed by atoms with van der Waals surface area (Å²) in [4.78, 5) is 2.65. The Balaban J connectivity index is 1.71. The van der Waals surface area contributed by atoms with Crippen LogP contribution in [0.5, 0.6) is 0 Å². The van der Waals surface area contributed by atoms with Crippen molar-refractivity contribution in [2.75, 3.05) is 13.1 Å². The van der Waals surface area contributed by atoms with Crippen LogP contribution in [-0.4, -0.2) is 18.0 Å². The first-order valence-electron chi connectivity index (χ1n) is 9.36. The molecular weight excluding hydrogens is 292 g/mol. The molecule has 0 aromatic heterocycles. The number of nitrogens with two attached hydrogens (primary N) is 1. The third-order valence-electron chi connectivity index (χ3n) is 5.50. The van der Waals surface area contributed by atoms with Crippen molar-refractivity contribution < 1.29 is 0 Å². The molecule has 1 saturated heterocycles. The molecule has 128 valence electrons. The van der Waals surface area contributed by atoms with Crippen LogP contribution in [0.15, 0.2) is 60.7 Å². The highest BCUT2D eigenvalue weighted by atomic mass is 15.2. The number of likely N-dealkylation sites (tertiary alicyclic amines) is 1.